The molecule has 1 atom stereocenters. The van der Waals surface area contributed by atoms with E-state index in [1.54, 1.807) is 17.3 Å². The first-order chi connectivity index (χ1) is 16.2. The van der Waals surface area contributed by atoms with Crippen LogP contribution < -0.4 is 4.90 Å². The number of rotatable bonds is 13. The molecule has 0 spiro atoms. The van der Waals surface area contributed by atoms with Crippen LogP contribution in [0.1, 0.15) is 76.3 Å². The minimum absolute atomic E-state index is 0.00206. The monoisotopic (exact) mass is 449 g/mol. The molecular weight excluding hydrogens is 410 g/mol. The molecule has 0 aliphatic carbocycles. The van der Waals surface area contributed by atoms with Crippen molar-refractivity contribution in [1.82, 2.24) is 9.88 Å². The molecule has 178 valence electrons. The van der Waals surface area contributed by atoms with Crippen LogP contribution in [0.15, 0.2) is 48.8 Å². The summed E-state index contributed by atoms with van der Waals surface area (Å²) in [5.41, 5.74) is 3.00. The molecule has 0 saturated heterocycles. The lowest BCUT2D eigenvalue weighted by molar-refractivity contribution is -0.141. The number of nitrogens with zero attached hydrogens (tertiary/aromatic N) is 3. The fraction of sp³-hybridized carbons (Fsp3) is 0.536. The number of para-hydroxylation sites is 1. The van der Waals surface area contributed by atoms with Gasteiger partial charge in [0.25, 0.3) is 0 Å². The number of pyridine rings is 1. The Hall–Kier alpha value is -2.69. The van der Waals surface area contributed by atoms with E-state index in [0.717, 1.165) is 55.6 Å². The molecule has 1 aliphatic rings. The molecule has 33 heavy (non-hydrogen) atoms. The van der Waals surface area contributed by atoms with Crippen LogP contribution >= 0.6 is 0 Å². The Balaban J connectivity index is 1.79. The summed E-state index contributed by atoms with van der Waals surface area (Å²) in [4.78, 5) is 35.2. The molecule has 0 radical (unpaired) electrons. The largest absolute Gasteiger partial charge is 0.342 e. The van der Waals surface area contributed by atoms with Gasteiger partial charge in [0.05, 0.1) is 6.54 Å². The van der Waals surface area contributed by atoms with Crippen molar-refractivity contribution in [1.29, 1.82) is 0 Å². The van der Waals surface area contributed by atoms with E-state index in [2.05, 4.69) is 24.9 Å². The fourth-order valence-electron chi connectivity index (χ4n) is 4.60. The van der Waals surface area contributed by atoms with Gasteiger partial charge < -0.3 is 9.80 Å². The maximum atomic E-state index is 13.7. The van der Waals surface area contributed by atoms with Crippen molar-refractivity contribution in [3.8, 4) is 0 Å². The standard InChI is InChI=1S/C28H39N3O2/c1-3-5-7-11-19-30(20-12-8-6-4-2)27(32)25-21-24-13-9-10-14-26(24)31(28(25)33)22-23-15-17-29-18-16-23/h9-10,13-18,25H,3-8,11-12,19-22H2,1-2H3. The van der Waals surface area contributed by atoms with E-state index in [0.29, 0.717) is 13.0 Å². The third-order valence-corrected chi connectivity index (χ3v) is 6.53. The molecule has 0 saturated carbocycles. The van der Waals surface area contributed by atoms with Crippen LogP contribution in [0.3, 0.4) is 0 Å². The molecule has 0 fully saturated rings. The SMILES string of the molecule is CCCCCCN(CCCCCC)C(=O)C1Cc2ccccc2N(Cc2ccncc2)C1=O. The Kier molecular flexibility index (Phi) is 9.92. The third kappa shape index (κ3) is 6.89. The van der Waals surface area contributed by atoms with Crippen molar-refractivity contribution in [3.05, 3.63) is 59.9 Å². The zero-order valence-electron chi connectivity index (χ0n) is 20.3. The molecule has 2 heterocycles. The third-order valence-electron chi connectivity index (χ3n) is 6.53. The number of carbonyl (C=O) groups is 2. The summed E-state index contributed by atoms with van der Waals surface area (Å²) in [7, 11) is 0. The van der Waals surface area contributed by atoms with Gasteiger partial charge in [-0.05, 0) is 48.6 Å². The average molecular weight is 450 g/mol. The first-order valence-corrected chi connectivity index (χ1v) is 12.7. The van der Waals surface area contributed by atoms with E-state index in [1.165, 1.54) is 25.7 Å². The van der Waals surface area contributed by atoms with Crippen LogP contribution in [0.2, 0.25) is 0 Å². The summed E-state index contributed by atoms with van der Waals surface area (Å²) >= 11 is 0. The average Bonchev–Trinajstić information content (AvgIpc) is 2.85. The quantitative estimate of drug-likeness (QED) is 0.288. The Labute approximate surface area is 199 Å². The second kappa shape index (κ2) is 13.1. The minimum atomic E-state index is -0.640. The normalized spacial score (nSPS) is 15.4. The van der Waals surface area contributed by atoms with Gasteiger partial charge in [0.1, 0.15) is 5.92 Å². The Bertz CT molecular complexity index is 872. The fourth-order valence-corrected chi connectivity index (χ4v) is 4.60. The van der Waals surface area contributed by atoms with E-state index in [9.17, 15) is 9.59 Å². The molecule has 3 rings (SSSR count). The van der Waals surface area contributed by atoms with Crippen molar-refractivity contribution in [3.63, 3.8) is 0 Å². The number of hydrogen-bond acceptors (Lipinski definition) is 3. The lowest BCUT2D eigenvalue weighted by Gasteiger charge is -2.36. The van der Waals surface area contributed by atoms with Crippen molar-refractivity contribution in [2.45, 2.75) is 78.2 Å². The molecule has 0 N–H and O–H groups in total. The number of benzene rings is 1. The lowest BCUT2D eigenvalue weighted by Crippen LogP contribution is -2.49. The van der Waals surface area contributed by atoms with Gasteiger partial charge in [0.2, 0.25) is 11.8 Å². The van der Waals surface area contributed by atoms with Crippen LogP contribution in [0.25, 0.3) is 0 Å². The number of unbranched alkanes of at least 4 members (excludes halogenated alkanes) is 6. The lowest BCUT2D eigenvalue weighted by atomic mass is 9.90. The van der Waals surface area contributed by atoms with Crippen LogP contribution in [0.5, 0.6) is 0 Å². The molecule has 1 aromatic heterocycles. The molecule has 2 aromatic rings. The predicted molar refractivity (Wildman–Crippen MR) is 134 cm³/mol. The molecule has 5 nitrogen and oxygen atoms in total. The summed E-state index contributed by atoms with van der Waals surface area (Å²) in [6.07, 6.45) is 13.0. The van der Waals surface area contributed by atoms with E-state index in [1.807, 2.05) is 35.2 Å². The predicted octanol–water partition coefficient (Wildman–Crippen LogP) is 5.78. The van der Waals surface area contributed by atoms with E-state index >= 15 is 0 Å². The molecule has 1 aromatic carbocycles. The number of hydrogen-bond donors (Lipinski definition) is 0. The Morgan fingerprint density at radius 1 is 0.939 bits per heavy atom. The van der Waals surface area contributed by atoms with E-state index in [-0.39, 0.29) is 11.8 Å². The second-order valence-corrected chi connectivity index (χ2v) is 9.11. The maximum Gasteiger partial charge on any atom is 0.240 e. The van der Waals surface area contributed by atoms with Gasteiger partial charge in [-0.2, -0.15) is 0 Å². The van der Waals surface area contributed by atoms with Crippen LogP contribution in [0, 0.1) is 5.92 Å². The highest BCUT2D eigenvalue weighted by molar-refractivity contribution is 6.09. The summed E-state index contributed by atoms with van der Waals surface area (Å²) in [5.74, 6) is -0.719. The number of amides is 2. The van der Waals surface area contributed by atoms with Gasteiger partial charge >= 0.3 is 0 Å². The molecular formula is C28H39N3O2. The Morgan fingerprint density at radius 3 is 2.21 bits per heavy atom. The Morgan fingerprint density at radius 2 is 1.58 bits per heavy atom. The van der Waals surface area contributed by atoms with Gasteiger partial charge in [-0.15, -0.1) is 0 Å². The van der Waals surface area contributed by atoms with Gasteiger partial charge in [0, 0.05) is 31.2 Å². The molecule has 1 aliphatic heterocycles. The summed E-state index contributed by atoms with van der Waals surface area (Å²) in [6, 6.07) is 11.8. The zero-order valence-corrected chi connectivity index (χ0v) is 20.3. The van der Waals surface area contributed by atoms with Gasteiger partial charge in [-0.1, -0.05) is 70.6 Å². The smallest absolute Gasteiger partial charge is 0.240 e. The topological polar surface area (TPSA) is 53.5 Å². The summed E-state index contributed by atoms with van der Waals surface area (Å²) in [5, 5.41) is 0. The van der Waals surface area contributed by atoms with Crippen molar-refractivity contribution < 1.29 is 9.59 Å². The van der Waals surface area contributed by atoms with Crippen molar-refractivity contribution in [2.24, 2.45) is 5.92 Å². The van der Waals surface area contributed by atoms with Gasteiger partial charge in [-0.3, -0.25) is 14.6 Å². The highest BCUT2D eigenvalue weighted by Crippen LogP contribution is 2.33. The highest BCUT2D eigenvalue weighted by atomic mass is 16.2. The summed E-state index contributed by atoms with van der Waals surface area (Å²) < 4.78 is 0. The number of fused-ring (bicyclic) bond motifs is 1. The molecule has 0 bridgehead atoms. The van der Waals surface area contributed by atoms with E-state index in [4.69, 9.17) is 0 Å². The van der Waals surface area contributed by atoms with Crippen LogP contribution in [-0.4, -0.2) is 34.8 Å². The van der Waals surface area contributed by atoms with Crippen molar-refractivity contribution >= 4 is 17.5 Å². The van der Waals surface area contributed by atoms with Crippen LogP contribution in [-0.2, 0) is 22.6 Å². The number of anilines is 1. The molecule has 2 amide bonds. The summed E-state index contributed by atoms with van der Waals surface area (Å²) in [6.45, 7) is 6.35. The first-order valence-electron chi connectivity index (χ1n) is 12.7. The minimum Gasteiger partial charge on any atom is -0.342 e. The molecule has 1 unspecified atom stereocenters. The first kappa shape index (κ1) is 24.9. The van der Waals surface area contributed by atoms with Crippen LogP contribution in [0.4, 0.5) is 5.69 Å². The van der Waals surface area contributed by atoms with Crippen molar-refractivity contribution in [2.75, 3.05) is 18.0 Å². The van der Waals surface area contributed by atoms with Gasteiger partial charge in [0.15, 0.2) is 0 Å². The second-order valence-electron chi connectivity index (χ2n) is 9.11. The van der Waals surface area contributed by atoms with Gasteiger partial charge in [-0.25, -0.2) is 0 Å². The zero-order chi connectivity index (χ0) is 23.5. The number of carbonyl (C=O) groups excluding carboxylic acids is 2. The maximum absolute atomic E-state index is 13.7. The molecule has 5 heteroatoms. The number of aromatic nitrogens is 1. The highest BCUT2D eigenvalue weighted by Gasteiger charge is 2.39. The van der Waals surface area contributed by atoms with E-state index < -0.39 is 5.92 Å².